The van der Waals surface area contributed by atoms with Crippen LogP contribution in [0.2, 0.25) is 0 Å². The molecule has 0 spiro atoms. The number of benzene rings is 1. The number of nitrogens with two attached hydrogens (primary N) is 1. The highest BCUT2D eigenvalue weighted by Gasteiger charge is 2.02. The van der Waals surface area contributed by atoms with Gasteiger partial charge in [0.2, 0.25) is 0 Å². The molecular formula is C11H12FN3. The molecule has 3 N–H and O–H groups in total. The van der Waals surface area contributed by atoms with Crippen molar-refractivity contribution in [1.29, 1.82) is 0 Å². The van der Waals surface area contributed by atoms with Crippen LogP contribution in [0.1, 0.15) is 0 Å². The van der Waals surface area contributed by atoms with E-state index in [-0.39, 0.29) is 5.82 Å². The quantitative estimate of drug-likeness (QED) is 0.802. The maximum Gasteiger partial charge on any atom is 0.149 e. The first kappa shape index (κ1) is 9.86. The van der Waals surface area contributed by atoms with Crippen molar-refractivity contribution in [3.8, 4) is 0 Å². The van der Waals surface area contributed by atoms with Gasteiger partial charge in [0.1, 0.15) is 17.2 Å². The molecule has 1 aromatic heterocycles. The minimum Gasteiger partial charge on any atom is -0.369 e. The molecular weight excluding hydrogens is 193 g/mol. The molecule has 0 saturated heterocycles. The molecule has 2 rings (SSSR count). The number of rotatable bonds is 3. The Kier molecular flexibility index (Phi) is 2.78. The van der Waals surface area contributed by atoms with E-state index in [0.29, 0.717) is 24.4 Å². The van der Waals surface area contributed by atoms with E-state index in [2.05, 4.69) is 10.3 Å². The highest BCUT2D eigenvalue weighted by atomic mass is 19.1. The number of pyridine rings is 1. The highest BCUT2D eigenvalue weighted by molar-refractivity contribution is 5.80. The van der Waals surface area contributed by atoms with Crippen LogP contribution in [0.15, 0.2) is 30.3 Å². The molecule has 2 aromatic rings. The van der Waals surface area contributed by atoms with Crippen molar-refractivity contribution < 1.29 is 4.39 Å². The molecule has 0 amide bonds. The molecule has 0 saturated carbocycles. The summed E-state index contributed by atoms with van der Waals surface area (Å²) >= 11 is 0. The Labute approximate surface area is 87.1 Å². The van der Waals surface area contributed by atoms with Crippen LogP contribution in [0.4, 0.5) is 10.2 Å². The monoisotopic (exact) mass is 205 g/mol. The number of hydrogen-bond acceptors (Lipinski definition) is 3. The molecule has 0 bridgehead atoms. The van der Waals surface area contributed by atoms with Gasteiger partial charge in [0.05, 0.1) is 0 Å². The lowest BCUT2D eigenvalue weighted by atomic mass is 10.2. The maximum absolute atomic E-state index is 13.4. The van der Waals surface area contributed by atoms with Gasteiger partial charge in [-0.05, 0) is 18.2 Å². The maximum atomic E-state index is 13.4. The third-order valence-electron chi connectivity index (χ3n) is 2.12. The normalized spacial score (nSPS) is 10.5. The van der Waals surface area contributed by atoms with Crippen molar-refractivity contribution in [2.75, 3.05) is 18.4 Å². The smallest absolute Gasteiger partial charge is 0.149 e. The van der Waals surface area contributed by atoms with Crippen LogP contribution in [-0.2, 0) is 0 Å². The van der Waals surface area contributed by atoms with Crippen molar-refractivity contribution in [2.24, 2.45) is 5.73 Å². The van der Waals surface area contributed by atoms with Gasteiger partial charge in [-0.1, -0.05) is 12.1 Å². The second-order valence-electron chi connectivity index (χ2n) is 3.22. The molecule has 78 valence electrons. The van der Waals surface area contributed by atoms with E-state index in [4.69, 9.17) is 5.73 Å². The molecule has 0 fully saturated rings. The van der Waals surface area contributed by atoms with Crippen LogP contribution in [0.3, 0.4) is 0 Å². The molecule has 0 aliphatic heterocycles. The van der Waals surface area contributed by atoms with Crippen molar-refractivity contribution in [2.45, 2.75) is 0 Å². The Morgan fingerprint density at radius 1 is 1.27 bits per heavy atom. The summed E-state index contributed by atoms with van der Waals surface area (Å²) in [5.41, 5.74) is 5.74. The summed E-state index contributed by atoms with van der Waals surface area (Å²) in [6.45, 7) is 1.16. The standard InChI is InChI=1S/C11H12FN3/c12-9-3-1-2-8-4-5-10(14-7-6-13)15-11(8)9/h1-5H,6-7,13H2,(H,14,15). The van der Waals surface area contributed by atoms with Gasteiger partial charge in [0.15, 0.2) is 0 Å². The van der Waals surface area contributed by atoms with Crippen molar-refractivity contribution >= 4 is 16.7 Å². The van der Waals surface area contributed by atoms with Gasteiger partial charge < -0.3 is 11.1 Å². The lowest BCUT2D eigenvalue weighted by Crippen LogP contribution is -2.13. The molecule has 0 unspecified atom stereocenters. The van der Waals surface area contributed by atoms with Crippen LogP contribution in [0, 0.1) is 5.82 Å². The van der Waals surface area contributed by atoms with Gasteiger partial charge in [-0.25, -0.2) is 9.37 Å². The summed E-state index contributed by atoms with van der Waals surface area (Å²) in [4.78, 5) is 4.17. The van der Waals surface area contributed by atoms with Gasteiger partial charge in [0, 0.05) is 18.5 Å². The average molecular weight is 205 g/mol. The molecule has 0 aliphatic carbocycles. The first-order valence-electron chi connectivity index (χ1n) is 4.80. The van der Waals surface area contributed by atoms with E-state index in [0.717, 1.165) is 5.39 Å². The summed E-state index contributed by atoms with van der Waals surface area (Å²) in [5.74, 6) is 0.349. The third-order valence-corrected chi connectivity index (χ3v) is 2.12. The predicted molar refractivity (Wildman–Crippen MR) is 59.2 cm³/mol. The van der Waals surface area contributed by atoms with E-state index in [1.807, 2.05) is 18.2 Å². The van der Waals surface area contributed by atoms with E-state index >= 15 is 0 Å². The van der Waals surface area contributed by atoms with Gasteiger partial charge >= 0.3 is 0 Å². The summed E-state index contributed by atoms with van der Waals surface area (Å²) in [7, 11) is 0. The highest BCUT2D eigenvalue weighted by Crippen LogP contribution is 2.17. The average Bonchev–Trinajstić information content (AvgIpc) is 2.27. The number of para-hydroxylation sites is 1. The van der Waals surface area contributed by atoms with Crippen molar-refractivity contribution in [3.05, 3.63) is 36.1 Å². The van der Waals surface area contributed by atoms with Crippen LogP contribution >= 0.6 is 0 Å². The zero-order valence-corrected chi connectivity index (χ0v) is 8.20. The summed E-state index contributed by atoms with van der Waals surface area (Å²) in [6.07, 6.45) is 0. The summed E-state index contributed by atoms with van der Waals surface area (Å²) in [5, 5.41) is 3.81. The predicted octanol–water partition coefficient (Wildman–Crippen LogP) is 1.74. The molecule has 0 atom stereocenters. The van der Waals surface area contributed by atoms with Crippen LogP contribution in [0.5, 0.6) is 0 Å². The van der Waals surface area contributed by atoms with E-state index in [1.54, 1.807) is 6.07 Å². The van der Waals surface area contributed by atoms with Crippen molar-refractivity contribution in [1.82, 2.24) is 4.98 Å². The lowest BCUT2D eigenvalue weighted by Gasteiger charge is -2.05. The number of nitrogens with zero attached hydrogens (tertiary/aromatic N) is 1. The number of anilines is 1. The fourth-order valence-electron chi connectivity index (χ4n) is 1.41. The summed E-state index contributed by atoms with van der Waals surface area (Å²) in [6, 6.07) is 8.56. The fraction of sp³-hybridized carbons (Fsp3) is 0.182. The van der Waals surface area contributed by atoms with Crippen LogP contribution in [-0.4, -0.2) is 18.1 Å². The Morgan fingerprint density at radius 2 is 2.13 bits per heavy atom. The fourth-order valence-corrected chi connectivity index (χ4v) is 1.41. The van der Waals surface area contributed by atoms with Gasteiger partial charge in [0.25, 0.3) is 0 Å². The first-order chi connectivity index (χ1) is 7.31. The van der Waals surface area contributed by atoms with Crippen LogP contribution < -0.4 is 11.1 Å². The molecule has 15 heavy (non-hydrogen) atoms. The van der Waals surface area contributed by atoms with Gasteiger partial charge in [-0.2, -0.15) is 0 Å². The van der Waals surface area contributed by atoms with Gasteiger partial charge in [-0.15, -0.1) is 0 Å². The number of hydrogen-bond donors (Lipinski definition) is 2. The SMILES string of the molecule is NCCNc1ccc2cccc(F)c2n1. The first-order valence-corrected chi connectivity index (χ1v) is 4.80. The minimum absolute atomic E-state index is 0.302. The Hall–Kier alpha value is -1.68. The van der Waals surface area contributed by atoms with Crippen molar-refractivity contribution in [3.63, 3.8) is 0 Å². The summed E-state index contributed by atoms with van der Waals surface area (Å²) < 4.78 is 13.4. The molecule has 1 aromatic carbocycles. The molecule has 1 heterocycles. The number of halogens is 1. The Bertz CT molecular complexity index is 470. The lowest BCUT2D eigenvalue weighted by molar-refractivity contribution is 0.637. The third kappa shape index (κ3) is 2.05. The molecule has 0 aliphatic rings. The zero-order valence-electron chi connectivity index (χ0n) is 8.20. The topological polar surface area (TPSA) is 50.9 Å². The second-order valence-corrected chi connectivity index (χ2v) is 3.22. The van der Waals surface area contributed by atoms with Crippen LogP contribution in [0.25, 0.3) is 10.9 Å². The van der Waals surface area contributed by atoms with E-state index in [9.17, 15) is 4.39 Å². The molecule has 0 radical (unpaired) electrons. The number of fused-ring (bicyclic) bond motifs is 1. The second kappa shape index (κ2) is 4.23. The van der Waals surface area contributed by atoms with E-state index < -0.39 is 0 Å². The van der Waals surface area contributed by atoms with E-state index in [1.165, 1.54) is 6.07 Å². The number of nitrogens with one attached hydrogen (secondary N) is 1. The van der Waals surface area contributed by atoms with Gasteiger partial charge in [-0.3, -0.25) is 0 Å². The molecule has 4 heteroatoms. The molecule has 3 nitrogen and oxygen atoms in total. The number of aromatic nitrogens is 1. The Morgan fingerprint density at radius 3 is 2.93 bits per heavy atom. The minimum atomic E-state index is -0.302. The zero-order chi connectivity index (χ0) is 10.7. The Balaban J connectivity index is 2.41. The largest absolute Gasteiger partial charge is 0.369 e.